The quantitative estimate of drug-likeness (QED) is 0.615. The van der Waals surface area contributed by atoms with E-state index < -0.39 is 0 Å². The van der Waals surface area contributed by atoms with Gasteiger partial charge in [0.05, 0.1) is 0 Å². The van der Waals surface area contributed by atoms with E-state index in [1.807, 2.05) is 30.3 Å². The van der Waals surface area contributed by atoms with E-state index in [0.717, 1.165) is 24.0 Å². The van der Waals surface area contributed by atoms with E-state index in [1.165, 1.54) is 5.56 Å². The average Bonchev–Trinajstić information content (AvgIpc) is 2.30. The fraction of sp³-hybridized carbons (Fsp3) is 0.286. The average molecular weight is 208 g/mol. The molecule has 2 heteroatoms. The summed E-state index contributed by atoms with van der Waals surface area (Å²) < 4.78 is 0. The second-order valence-corrected chi connectivity index (χ2v) is 4.25. The first-order valence-corrected chi connectivity index (χ1v) is 5.38. The van der Waals surface area contributed by atoms with Gasteiger partial charge in [-0.05, 0) is 35.5 Å². The Morgan fingerprint density at radius 2 is 1.88 bits per heavy atom. The predicted octanol–water partition coefficient (Wildman–Crippen LogP) is 3.07. The van der Waals surface area contributed by atoms with Gasteiger partial charge < -0.3 is 0 Å². The van der Waals surface area contributed by atoms with Crippen LogP contribution >= 0.6 is 0 Å². The first-order chi connectivity index (χ1) is 7.76. The van der Waals surface area contributed by atoms with Gasteiger partial charge in [0.2, 0.25) is 0 Å². The second kappa shape index (κ2) is 4.21. The maximum atomic E-state index is 8.96. The van der Waals surface area contributed by atoms with Crippen molar-refractivity contribution in [3.8, 4) is 12.1 Å². The first-order valence-electron chi connectivity index (χ1n) is 5.38. The van der Waals surface area contributed by atoms with Crippen molar-refractivity contribution < 1.29 is 0 Å². The zero-order valence-corrected chi connectivity index (χ0v) is 9.20. The fourth-order valence-corrected chi connectivity index (χ4v) is 2.30. The Morgan fingerprint density at radius 3 is 2.56 bits per heavy atom. The summed E-state index contributed by atoms with van der Waals surface area (Å²) in [5.74, 6) is 0.501. The molecular formula is C14H12N2. The predicted molar refractivity (Wildman–Crippen MR) is 62.1 cm³/mol. The van der Waals surface area contributed by atoms with E-state index in [1.54, 1.807) is 0 Å². The van der Waals surface area contributed by atoms with Crippen molar-refractivity contribution in [1.29, 1.82) is 10.5 Å². The molecule has 2 rings (SSSR count). The second-order valence-electron chi connectivity index (χ2n) is 4.25. The number of fused-ring (bicyclic) bond motifs is 1. The molecule has 0 heterocycles. The Balaban J connectivity index is 2.64. The normalized spacial score (nSPS) is 18.2. The topological polar surface area (TPSA) is 47.6 Å². The number of benzene rings is 1. The van der Waals surface area contributed by atoms with Gasteiger partial charge in [0.25, 0.3) is 0 Å². The maximum Gasteiger partial charge on any atom is 0.133 e. The van der Waals surface area contributed by atoms with Crippen molar-refractivity contribution in [2.24, 2.45) is 5.92 Å². The van der Waals surface area contributed by atoms with E-state index in [2.05, 4.69) is 13.0 Å². The molecule has 0 aliphatic heterocycles. The van der Waals surface area contributed by atoms with Crippen molar-refractivity contribution in [2.45, 2.75) is 19.8 Å². The summed E-state index contributed by atoms with van der Waals surface area (Å²) >= 11 is 0. The van der Waals surface area contributed by atoms with Gasteiger partial charge in [-0.2, -0.15) is 10.5 Å². The molecule has 0 fully saturated rings. The standard InChI is InChI=1S/C14H12N2/c1-10-6-11-4-2-3-5-13(11)14(7-10)12(8-15)9-16/h2-5,10H,6-7H2,1H3. The Kier molecular flexibility index (Phi) is 2.75. The Hall–Kier alpha value is -2.06. The summed E-state index contributed by atoms with van der Waals surface area (Å²) in [7, 11) is 0. The minimum absolute atomic E-state index is 0.263. The van der Waals surface area contributed by atoms with Crippen LogP contribution < -0.4 is 0 Å². The zero-order chi connectivity index (χ0) is 11.5. The highest BCUT2D eigenvalue weighted by Crippen LogP contribution is 2.35. The molecule has 1 aromatic rings. The van der Waals surface area contributed by atoms with Crippen LogP contribution in [0.4, 0.5) is 0 Å². The van der Waals surface area contributed by atoms with Crippen molar-refractivity contribution in [1.82, 2.24) is 0 Å². The van der Waals surface area contributed by atoms with Crippen LogP contribution in [0.5, 0.6) is 0 Å². The zero-order valence-electron chi connectivity index (χ0n) is 9.20. The molecule has 1 aliphatic carbocycles. The molecule has 0 aromatic heterocycles. The summed E-state index contributed by atoms with van der Waals surface area (Å²) in [4.78, 5) is 0. The summed E-state index contributed by atoms with van der Waals surface area (Å²) in [5.41, 5.74) is 3.51. The van der Waals surface area contributed by atoms with Gasteiger partial charge >= 0.3 is 0 Å². The maximum absolute atomic E-state index is 8.96. The highest BCUT2D eigenvalue weighted by molar-refractivity contribution is 5.78. The number of hydrogen-bond donors (Lipinski definition) is 0. The van der Waals surface area contributed by atoms with E-state index in [-0.39, 0.29) is 5.57 Å². The molecule has 0 radical (unpaired) electrons. The summed E-state index contributed by atoms with van der Waals surface area (Å²) in [5, 5.41) is 17.9. The molecule has 0 spiro atoms. The number of nitrogens with zero attached hydrogens (tertiary/aromatic N) is 2. The molecule has 16 heavy (non-hydrogen) atoms. The molecule has 0 amide bonds. The molecule has 0 N–H and O–H groups in total. The van der Waals surface area contributed by atoms with Crippen LogP contribution in [0.3, 0.4) is 0 Å². The monoisotopic (exact) mass is 208 g/mol. The SMILES string of the molecule is CC1CC(=C(C#N)C#N)c2ccccc2C1. The number of hydrogen-bond acceptors (Lipinski definition) is 2. The largest absolute Gasteiger partial charge is 0.192 e. The van der Waals surface area contributed by atoms with Crippen LogP contribution in [-0.2, 0) is 6.42 Å². The molecule has 1 atom stereocenters. The molecule has 1 unspecified atom stereocenters. The van der Waals surface area contributed by atoms with E-state index in [0.29, 0.717) is 5.92 Å². The number of rotatable bonds is 0. The van der Waals surface area contributed by atoms with Gasteiger partial charge in [-0.3, -0.25) is 0 Å². The van der Waals surface area contributed by atoms with Gasteiger partial charge in [-0.25, -0.2) is 0 Å². The highest BCUT2D eigenvalue weighted by atomic mass is 14.3. The van der Waals surface area contributed by atoms with Gasteiger partial charge in [-0.15, -0.1) is 0 Å². The van der Waals surface area contributed by atoms with Crippen LogP contribution in [0.2, 0.25) is 0 Å². The lowest BCUT2D eigenvalue weighted by Crippen LogP contribution is -2.11. The minimum atomic E-state index is 0.263. The molecular weight excluding hydrogens is 196 g/mol. The van der Waals surface area contributed by atoms with Crippen LogP contribution in [0, 0.1) is 28.6 Å². The smallest absolute Gasteiger partial charge is 0.133 e. The lowest BCUT2D eigenvalue weighted by molar-refractivity contribution is 0.581. The lowest BCUT2D eigenvalue weighted by atomic mass is 9.80. The third-order valence-corrected chi connectivity index (χ3v) is 2.99. The van der Waals surface area contributed by atoms with E-state index in [4.69, 9.17) is 10.5 Å². The highest BCUT2D eigenvalue weighted by Gasteiger charge is 2.21. The summed E-state index contributed by atoms with van der Waals surface area (Å²) in [6.45, 7) is 2.16. The molecule has 0 bridgehead atoms. The fourth-order valence-electron chi connectivity index (χ4n) is 2.30. The third kappa shape index (κ3) is 1.71. The van der Waals surface area contributed by atoms with Crippen molar-refractivity contribution >= 4 is 5.57 Å². The Labute approximate surface area is 95.4 Å². The Morgan fingerprint density at radius 1 is 1.19 bits per heavy atom. The first kappa shape index (κ1) is 10.5. The number of allylic oxidation sites excluding steroid dienone is 2. The third-order valence-electron chi connectivity index (χ3n) is 2.99. The summed E-state index contributed by atoms with van der Waals surface area (Å²) in [6, 6.07) is 12.1. The number of nitriles is 2. The van der Waals surface area contributed by atoms with Crippen molar-refractivity contribution in [3.05, 3.63) is 41.0 Å². The molecule has 2 nitrogen and oxygen atoms in total. The van der Waals surface area contributed by atoms with Gasteiger partial charge in [-0.1, -0.05) is 31.2 Å². The molecule has 1 aliphatic rings. The van der Waals surface area contributed by atoms with E-state index >= 15 is 0 Å². The van der Waals surface area contributed by atoms with Gasteiger partial charge in [0.15, 0.2) is 0 Å². The van der Waals surface area contributed by atoms with Crippen molar-refractivity contribution in [3.63, 3.8) is 0 Å². The van der Waals surface area contributed by atoms with E-state index in [9.17, 15) is 0 Å². The van der Waals surface area contributed by atoms with Crippen molar-refractivity contribution in [2.75, 3.05) is 0 Å². The van der Waals surface area contributed by atoms with Gasteiger partial charge in [0.1, 0.15) is 17.7 Å². The van der Waals surface area contributed by atoms with Crippen LogP contribution in [0.25, 0.3) is 5.57 Å². The summed E-state index contributed by atoms with van der Waals surface area (Å²) in [6.07, 6.45) is 1.86. The lowest BCUT2D eigenvalue weighted by Gasteiger charge is -2.24. The molecule has 1 aromatic carbocycles. The van der Waals surface area contributed by atoms with Crippen LogP contribution in [-0.4, -0.2) is 0 Å². The minimum Gasteiger partial charge on any atom is -0.192 e. The molecule has 78 valence electrons. The van der Waals surface area contributed by atoms with Gasteiger partial charge in [0, 0.05) is 0 Å². The molecule has 0 saturated heterocycles. The molecule has 0 saturated carbocycles. The Bertz CT molecular complexity index is 510. The van der Waals surface area contributed by atoms with Crippen LogP contribution in [0.1, 0.15) is 24.5 Å². The van der Waals surface area contributed by atoms with Crippen LogP contribution in [0.15, 0.2) is 29.8 Å².